The van der Waals surface area contributed by atoms with Gasteiger partial charge in [0.15, 0.2) is 12.4 Å². The number of ketones is 1. The summed E-state index contributed by atoms with van der Waals surface area (Å²) < 4.78 is 9.72. The van der Waals surface area contributed by atoms with E-state index in [1.165, 1.54) is 19.2 Å². The summed E-state index contributed by atoms with van der Waals surface area (Å²) in [6.07, 6.45) is -0.302. The molecule has 0 heterocycles. The van der Waals surface area contributed by atoms with E-state index in [-0.39, 0.29) is 35.7 Å². The lowest BCUT2D eigenvalue weighted by atomic mass is 10.1. The summed E-state index contributed by atoms with van der Waals surface area (Å²) in [6, 6.07) is 10.1. The van der Waals surface area contributed by atoms with Gasteiger partial charge in [0.05, 0.1) is 24.5 Å². The number of nitrogens with zero attached hydrogens (tertiary/aromatic N) is 1. The van der Waals surface area contributed by atoms with Crippen LogP contribution in [0.3, 0.4) is 0 Å². The van der Waals surface area contributed by atoms with Gasteiger partial charge < -0.3 is 14.8 Å². The number of nitro benzene ring substituents is 1. The van der Waals surface area contributed by atoms with E-state index in [0.29, 0.717) is 10.6 Å². The molecule has 0 aromatic heterocycles. The second-order valence-corrected chi connectivity index (χ2v) is 6.22. The second kappa shape index (κ2) is 10.2. The minimum atomic E-state index is -0.754. The van der Waals surface area contributed by atoms with Gasteiger partial charge >= 0.3 is 5.97 Å². The van der Waals surface area contributed by atoms with Gasteiger partial charge in [-0.05, 0) is 36.4 Å². The Morgan fingerprint density at radius 3 is 2.41 bits per heavy atom. The quantitative estimate of drug-likeness (QED) is 0.285. The van der Waals surface area contributed by atoms with Crippen LogP contribution in [0, 0.1) is 10.1 Å². The number of halogens is 1. The first-order valence-electron chi connectivity index (χ1n) is 8.37. The average Bonchev–Trinajstić information content (AvgIpc) is 2.71. The van der Waals surface area contributed by atoms with Crippen LogP contribution in [0.5, 0.6) is 5.75 Å². The van der Waals surface area contributed by atoms with Crippen molar-refractivity contribution in [1.82, 2.24) is 0 Å². The molecule has 29 heavy (non-hydrogen) atoms. The molecule has 0 aliphatic carbocycles. The lowest BCUT2D eigenvalue weighted by Gasteiger charge is -2.08. The minimum Gasteiger partial charge on any atom is -0.496 e. The molecule has 0 aliphatic rings. The molecule has 0 saturated heterocycles. The van der Waals surface area contributed by atoms with Crippen molar-refractivity contribution in [2.24, 2.45) is 0 Å². The topological polar surface area (TPSA) is 125 Å². The Hall–Kier alpha value is -3.46. The van der Waals surface area contributed by atoms with Gasteiger partial charge in [0.25, 0.3) is 11.6 Å². The van der Waals surface area contributed by atoms with Gasteiger partial charge in [-0.1, -0.05) is 11.6 Å². The lowest BCUT2D eigenvalue weighted by molar-refractivity contribution is -0.384. The van der Waals surface area contributed by atoms with E-state index in [9.17, 15) is 24.5 Å². The molecular weight excluding hydrogens is 404 g/mol. The van der Waals surface area contributed by atoms with Crippen molar-refractivity contribution in [3.8, 4) is 5.75 Å². The number of anilines is 1. The number of rotatable bonds is 9. The molecule has 9 nitrogen and oxygen atoms in total. The number of nitro groups is 1. The summed E-state index contributed by atoms with van der Waals surface area (Å²) in [6.45, 7) is -0.642. The summed E-state index contributed by atoms with van der Waals surface area (Å²) in [4.78, 5) is 46.1. The zero-order chi connectivity index (χ0) is 21.4. The van der Waals surface area contributed by atoms with Crippen molar-refractivity contribution >= 4 is 40.6 Å². The van der Waals surface area contributed by atoms with Gasteiger partial charge in [-0.25, -0.2) is 0 Å². The van der Waals surface area contributed by atoms with E-state index in [1.54, 1.807) is 24.3 Å². The lowest BCUT2D eigenvalue weighted by Crippen LogP contribution is -2.21. The first-order chi connectivity index (χ1) is 13.8. The highest BCUT2D eigenvalue weighted by molar-refractivity contribution is 6.30. The standard InChI is InChI=1S/C19H17ClN2O7/c1-28-14-6-7-15(16(10-14)22(26)27)21-18(24)11-29-19(25)9-8-17(23)12-2-4-13(20)5-3-12/h2-7,10H,8-9,11H2,1H3,(H,21,24). The van der Waals surface area contributed by atoms with Crippen LogP contribution in [-0.4, -0.2) is 36.3 Å². The van der Waals surface area contributed by atoms with Crippen molar-refractivity contribution < 1.29 is 28.8 Å². The van der Waals surface area contributed by atoms with Gasteiger partial charge in [0.2, 0.25) is 0 Å². The highest BCUT2D eigenvalue weighted by atomic mass is 35.5. The van der Waals surface area contributed by atoms with Crippen LogP contribution in [-0.2, 0) is 14.3 Å². The molecule has 2 rings (SSSR count). The van der Waals surface area contributed by atoms with Gasteiger partial charge in [0, 0.05) is 17.0 Å². The van der Waals surface area contributed by atoms with E-state index < -0.39 is 23.4 Å². The highest BCUT2D eigenvalue weighted by Gasteiger charge is 2.18. The van der Waals surface area contributed by atoms with E-state index in [0.717, 1.165) is 6.07 Å². The van der Waals surface area contributed by atoms with Gasteiger partial charge in [-0.2, -0.15) is 0 Å². The number of carbonyl (C=O) groups is 3. The summed E-state index contributed by atoms with van der Waals surface area (Å²) in [7, 11) is 1.36. The molecule has 1 N–H and O–H groups in total. The molecule has 0 saturated carbocycles. The molecule has 0 spiro atoms. The van der Waals surface area contributed by atoms with E-state index in [4.69, 9.17) is 21.1 Å². The largest absolute Gasteiger partial charge is 0.496 e. The number of hydrogen-bond donors (Lipinski definition) is 1. The minimum absolute atomic E-state index is 0.0604. The third-order valence-electron chi connectivity index (χ3n) is 3.76. The Balaban J connectivity index is 1.83. The fourth-order valence-corrected chi connectivity index (χ4v) is 2.42. The van der Waals surface area contributed by atoms with E-state index in [2.05, 4.69) is 5.32 Å². The van der Waals surface area contributed by atoms with Crippen molar-refractivity contribution in [3.05, 3.63) is 63.2 Å². The third kappa shape index (κ3) is 6.58. The molecular formula is C19H17ClN2O7. The predicted molar refractivity (Wildman–Crippen MR) is 104 cm³/mol. The van der Waals surface area contributed by atoms with Crippen LogP contribution in [0.2, 0.25) is 5.02 Å². The first-order valence-corrected chi connectivity index (χ1v) is 8.74. The normalized spacial score (nSPS) is 10.1. The van der Waals surface area contributed by atoms with Crippen LogP contribution in [0.25, 0.3) is 0 Å². The number of Topliss-reactive ketones (excluding diaryl/α,β-unsaturated/α-hetero) is 1. The number of benzene rings is 2. The molecule has 2 aromatic rings. The molecule has 152 valence electrons. The average molecular weight is 421 g/mol. The SMILES string of the molecule is COc1ccc(NC(=O)COC(=O)CCC(=O)c2ccc(Cl)cc2)c([N+](=O)[O-])c1. The third-order valence-corrected chi connectivity index (χ3v) is 4.01. The molecule has 0 unspecified atom stereocenters. The van der Waals surface area contributed by atoms with Crippen LogP contribution in [0.1, 0.15) is 23.2 Å². The van der Waals surface area contributed by atoms with Gasteiger partial charge in [0.1, 0.15) is 11.4 Å². The summed E-state index contributed by atoms with van der Waals surface area (Å²) in [5.41, 5.74) is -0.0147. The number of hydrogen-bond acceptors (Lipinski definition) is 7. The molecule has 2 aromatic carbocycles. The number of carbonyl (C=O) groups excluding carboxylic acids is 3. The monoisotopic (exact) mass is 420 g/mol. The Kier molecular flexibility index (Phi) is 7.67. The van der Waals surface area contributed by atoms with Crippen LogP contribution in [0.4, 0.5) is 11.4 Å². The molecule has 0 fully saturated rings. The van der Waals surface area contributed by atoms with Crippen molar-refractivity contribution in [3.63, 3.8) is 0 Å². The summed E-state index contributed by atoms with van der Waals surface area (Å²) >= 11 is 5.75. The Morgan fingerprint density at radius 1 is 1.10 bits per heavy atom. The van der Waals surface area contributed by atoms with E-state index >= 15 is 0 Å². The first kappa shape index (κ1) is 21.8. The molecule has 0 aliphatic heterocycles. The number of ether oxygens (including phenoxy) is 2. The van der Waals surface area contributed by atoms with Crippen LogP contribution in [0.15, 0.2) is 42.5 Å². The molecule has 0 atom stereocenters. The van der Waals surface area contributed by atoms with Gasteiger partial charge in [-0.15, -0.1) is 0 Å². The van der Waals surface area contributed by atoms with Crippen molar-refractivity contribution in [2.75, 3.05) is 19.0 Å². The maximum Gasteiger partial charge on any atom is 0.306 e. The Labute approximate surface area is 170 Å². The van der Waals surface area contributed by atoms with E-state index in [1.807, 2.05) is 0 Å². The Bertz CT molecular complexity index is 929. The summed E-state index contributed by atoms with van der Waals surface area (Å²) in [5, 5.41) is 13.9. The number of methoxy groups -OCH3 is 1. The second-order valence-electron chi connectivity index (χ2n) is 5.78. The van der Waals surface area contributed by atoms with Gasteiger partial charge in [-0.3, -0.25) is 24.5 Å². The molecule has 0 radical (unpaired) electrons. The van der Waals surface area contributed by atoms with Crippen LogP contribution < -0.4 is 10.1 Å². The fraction of sp³-hybridized carbons (Fsp3) is 0.211. The van der Waals surface area contributed by atoms with Crippen molar-refractivity contribution in [1.29, 1.82) is 0 Å². The molecule has 10 heteroatoms. The van der Waals surface area contributed by atoms with Crippen LogP contribution >= 0.6 is 11.6 Å². The number of nitrogens with one attached hydrogen (secondary N) is 1. The number of esters is 1. The predicted octanol–water partition coefficient (Wildman–Crippen LogP) is 3.40. The molecule has 0 bridgehead atoms. The zero-order valence-electron chi connectivity index (χ0n) is 15.3. The zero-order valence-corrected chi connectivity index (χ0v) is 16.1. The Morgan fingerprint density at radius 2 is 1.79 bits per heavy atom. The van der Waals surface area contributed by atoms with Crippen molar-refractivity contribution in [2.45, 2.75) is 12.8 Å². The summed E-state index contributed by atoms with van der Waals surface area (Å²) in [5.74, 6) is -1.51. The highest BCUT2D eigenvalue weighted by Crippen LogP contribution is 2.28. The fourth-order valence-electron chi connectivity index (χ4n) is 2.30. The molecule has 1 amide bonds. The number of amides is 1. The maximum atomic E-state index is 12.0. The smallest absolute Gasteiger partial charge is 0.306 e. The maximum absolute atomic E-state index is 12.0.